The molecule has 0 bridgehead atoms. The molecule has 0 N–H and O–H groups in total. The lowest BCUT2D eigenvalue weighted by atomic mass is 9.93. The zero-order valence-corrected chi connectivity index (χ0v) is 17.1. The molecule has 2 nitrogen and oxygen atoms in total. The molecule has 2 heteroatoms. The van der Waals surface area contributed by atoms with Gasteiger partial charge in [0.1, 0.15) is 0 Å². The molecule has 1 fully saturated rings. The van der Waals surface area contributed by atoms with Crippen molar-refractivity contribution in [3.8, 4) is 0 Å². The molecule has 0 saturated heterocycles. The fraction of sp³-hybridized carbons (Fsp3) is 0.385. The van der Waals surface area contributed by atoms with Crippen LogP contribution in [0.25, 0.3) is 0 Å². The number of benzene rings is 2. The maximum atomic E-state index is 2.73. The lowest BCUT2D eigenvalue weighted by molar-refractivity contribution is 0.136. The van der Waals surface area contributed by atoms with Crippen LogP contribution in [0.2, 0.25) is 0 Å². The first-order valence-electron chi connectivity index (χ1n) is 10.8. The molecule has 0 radical (unpaired) electrons. The predicted molar refractivity (Wildman–Crippen MR) is 117 cm³/mol. The molecule has 0 unspecified atom stereocenters. The van der Waals surface area contributed by atoms with E-state index < -0.39 is 0 Å². The Bertz CT molecular complexity index is 859. The van der Waals surface area contributed by atoms with Crippen molar-refractivity contribution in [1.29, 1.82) is 0 Å². The van der Waals surface area contributed by atoms with E-state index in [-0.39, 0.29) is 0 Å². The van der Waals surface area contributed by atoms with Crippen molar-refractivity contribution in [2.24, 2.45) is 0 Å². The molecule has 1 heterocycles. The van der Waals surface area contributed by atoms with E-state index in [1.54, 1.807) is 0 Å². The molecule has 4 rings (SSSR count). The molecule has 146 valence electrons. The van der Waals surface area contributed by atoms with Crippen molar-refractivity contribution < 1.29 is 0 Å². The van der Waals surface area contributed by atoms with Gasteiger partial charge in [-0.25, -0.2) is 0 Å². The number of aryl methyl sites for hydroxylation is 1. The van der Waals surface area contributed by atoms with Crippen molar-refractivity contribution in [1.82, 2.24) is 9.47 Å². The van der Waals surface area contributed by atoms with Crippen LogP contribution in [0.15, 0.2) is 72.9 Å². The quantitative estimate of drug-likeness (QED) is 0.481. The topological polar surface area (TPSA) is 8.17 Å². The lowest BCUT2D eigenvalue weighted by Gasteiger charge is -2.35. The van der Waals surface area contributed by atoms with Crippen molar-refractivity contribution in [3.05, 3.63) is 95.3 Å². The Hall–Kier alpha value is -2.32. The number of hydrogen-bond acceptors (Lipinski definition) is 1. The highest BCUT2D eigenvalue weighted by atomic mass is 15.2. The zero-order valence-electron chi connectivity index (χ0n) is 17.1. The van der Waals surface area contributed by atoms with Crippen LogP contribution in [0.4, 0.5) is 0 Å². The molecule has 0 spiro atoms. The highest BCUT2D eigenvalue weighted by Gasteiger charge is 2.22. The normalized spacial score (nSPS) is 15.2. The average Bonchev–Trinajstić information content (AvgIpc) is 3.17. The van der Waals surface area contributed by atoms with E-state index in [1.165, 1.54) is 54.5 Å². The van der Waals surface area contributed by atoms with Gasteiger partial charge in [0.05, 0.1) is 0 Å². The second-order valence-corrected chi connectivity index (χ2v) is 8.24. The SMILES string of the molecule is Cc1ccccc1CN(Cc1cccn1Cc1ccccc1)C1CCCCC1. The van der Waals surface area contributed by atoms with Gasteiger partial charge in [-0.05, 0) is 48.6 Å². The van der Waals surface area contributed by atoms with Gasteiger partial charge in [0.15, 0.2) is 0 Å². The predicted octanol–water partition coefficient (Wildman–Crippen LogP) is 6.18. The highest BCUT2D eigenvalue weighted by molar-refractivity contribution is 5.26. The number of rotatable bonds is 7. The largest absolute Gasteiger partial charge is 0.346 e. The summed E-state index contributed by atoms with van der Waals surface area (Å²) in [7, 11) is 0. The van der Waals surface area contributed by atoms with Gasteiger partial charge < -0.3 is 4.57 Å². The molecule has 0 atom stereocenters. The Morgan fingerprint density at radius 2 is 1.57 bits per heavy atom. The van der Waals surface area contributed by atoms with Crippen LogP contribution in [0.1, 0.15) is 54.5 Å². The molecule has 1 saturated carbocycles. The van der Waals surface area contributed by atoms with Crippen molar-refractivity contribution in [3.63, 3.8) is 0 Å². The smallest absolute Gasteiger partial charge is 0.0473 e. The molecular weight excluding hydrogens is 340 g/mol. The molecule has 1 aliphatic rings. The minimum atomic E-state index is 0.702. The fourth-order valence-electron chi connectivity index (χ4n) is 4.50. The number of nitrogens with zero attached hydrogens (tertiary/aromatic N) is 2. The maximum Gasteiger partial charge on any atom is 0.0473 e. The van der Waals surface area contributed by atoms with Gasteiger partial charge in [0.2, 0.25) is 0 Å². The number of hydrogen-bond donors (Lipinski definition) is 0. The minimum Gasteiger partial charge on any atom is -0.346 e. The van der Waals surface area contributed by atoms with E-state index in [2.05, 4.69) is 89.3 Å². The van der Waals surface area contributed by atoms with Crippen molar-refractivity contribution in [2.45, 2.75) is 64.7 Å². The van der Waals surface area contributed by atoms with Crippen molar-refractivity contribution >= 4 is 0 Å². The van der Waals surface area contributed by atoms with Crippen LogP contribution in [0, 0.1) is 6.92 Å². The van der Waals surface area contributed by atoms with E-state index in [0.29, 0.717) is 6.04 Å². The first-order valence-corrected chi connectivity index (χ1v) is 10.8. The van der Waals surface area contributed by atoms with Gasteiger partial charge in [-0.2, -0.15) is 0 Å². The maximum absolute atomic E-state index is 2.73. The summed E-state index contributed by atoms with van der Waals surface area (Å²) in [5.41, 5.74) is 5.66. The fourth-order valence-corrected chi connectivity index (χ4v) is 4.50. The Balaban J connectivity index is 1.54. The Morgan fingerprint density at radius 1 is 0.821 bits per heavy atom. The monoisotopic (exact) mass is 372 g/mol. The molecule has 0 aliphatic heterocycles. The molecule has 1 aliphatic carbocycles. The second-order valence-electron chi connectivity index (χ2n) is 8.24. The Kier molecular flexibility index (Phi) is 6.28. The van der Waals surface area contributed by atoms with Gasteiger partial charge in [-0.15, -0.1) is 0 Å². The summed E-state index contributed by atoms with van der Waals surface area (Å²) in [6.45, 7) is 5.27. The standard InChI is InChI=1S/C26H32N2/c1-22-11-8-9-14-24(22)20-28(25-15-6-3-7-16-25)21-26-17-10-18-27(26)19-23-12-4-2-5-13-23/h2,4-5,8-14,17-18,25H,3,6-7,15-16,19-21H2,1H3. The number of aromatic nitrogens is 1. The summed E-state index contributed by atoms with van der Waals surface area (Å²) in [5, 5.41) is 0. The first-order chi connectivity index (χ1) is 13.8. The van der Waals surface area contributed by atoms with Crippen LogP contribution in [0.3, 0.4) is 0 Å². The summed E-state index contributed by atoms with van der Waals surface area (Å²) < 4.78 is 2.42. The molecule has 28 heavy (non-hydrogen) atoms. The highest BCUT2D eigenvalue weighted by Crippen LogP contribution is 2.26. The van der Waals surface area contributed by atoms with E-state index in [4.69, 9.17) is 0 Å². The van der Waals surface area contributed by atoms with Crippen LogP contribution < -0.4 is 0 Å². The van der Waals surface area contributed by atoms with Gasteiger partial charge in [-0.3, -0.25) is 4.90 Å². The van der Waals surface area contributed by atoms with Crippen LogP contribution >= 0.6 is 0 Å². The summed E-state index contributed by atoms with van der Waals surface area (Å²) in [5.74, 6) is 0. The molecule has 0 amide bonds. The van der Waals surface area contributed by atoms with E-state index in [9.17, 15) is 0 Å². The summed E-state index contributed by atoms with van der Waals surface area (Å²) in [6, 6.07) is 24.9. The van der Waals surface area contributed by atoms with Crippen LogP contribution in [-0.2, 0) is 19.6 Å². The third-order valence-electron chi connectivity index (χ3n) is 6.21. The van der Waals surface area contributed by atoms with Crippen LogP contribution in [-0.4, -0.2) is 15.5 Å². The Labute approximate surface area is 169 Å². The van der Waals surface area contributed by atoms with Crippen LogP contribution in [0.5, 0.6) is 0 Å². The van der Waals surface area contributed by atoms with Gasteiger partial charge in [0.25, 0.3) is 0 Å². The third kappa shape index (κ3) is 4.74. The summed E-state index contributed by atoms with van der Waals surface area (Å²) >= 11 is 0. The molecule has 2 aromatic carbocycles. The zero-order chi connectivity index (χ0) is 19.2. The average molecular weight is 373 g/mol. The van der Waals surface area contributed by atoms with E-state index >= 15 is 0 Å². The van der Waals surface area contributed by atoms with E-state index in [0.717, 1.165) is 19.6 Å². The molecule has 3 aromatic rings. The summed E-state index contributed by atoms with van der Waals surface area (Å²) in [6.07, 6.45) is 9.06. The van der Waals surface area contributed by atoms with Gasteiger partial charge >= 0.3 is 0 Å². The van der Waals surface area contributed by atoms with Gasteiger partial charge in [-0.1, -0.05) is 73.9 Å². The van der Waals surface area contributed by atoms with Crippen molar-refractivity contribution in [2.75, 3.05) is 0 Å². The second kappa shape index (κ2) is 9.25. The molecular formula is C26H32N2. The third-order valence-corrected chi connectivity index (χ3v) is 6.21. The lowest BCUT2D eigenvalue weighted by Crippen LogP contribution is -2.36. The van der Waals surface area contributed by atoms with Gasteiger partial charge in [0, 0.05) is 37.6 Å². The molecule has 1 aromatic heterocycles. The minimum absolute atomic E-state index is 0.702. The van der Waals surface area contributed by atoms with E-state index in [1.807, 2.05) is 0 Å². The Morgan fingerprint density at radius 3 is 2.36 bits per heavy atom. The first kappa shape index (κ1) is 19.0. The summed E-state index contributed by atoms with van der Waals surface area (Å²) in [4.78, 5) is 2.73.